The van der Waals surface area contributed by atoms with Gasteiger partial charge in [-0.25, -0.2) is 0 Å². The number of carbonyl (C=O) groups excluding carboxylic acids is 1. The summed E-state index contributed by atoms with van der Waals surface area (Å²) in [5.74, 6) is -0.0973. The highest BCUT2D eigenvalue weighted by atomic mass is 32.1. The minimum atomic E-state index is -0.171. The van der Waals surface area contributed by atoms with Crippen LogP contribution >= 0.6 is 11.3 Å². The molecule has 4 heteroatoms. The number of thiophene rings is 1. The number of carbonyl (C=O) groups is 1. The van der Waals surface area contributed by atoms with Gasteiger partial charge in [0.05, 0.1) is 5.92 Å². The summed E-state index contributed by atoms with van der Waals surface area (Å²) < 4.78 is 0. The minimum absolute atomic E-state index is 0.0740. The molecule has 0 saturated heterocycles. The number of hydrogen-bond acceptors (Lipinski definition) is 3. The lowest BCUT2D eigenvalue weighted by atomic mass is 10.1. The molecule has 1 aromatic heterocycles. The van der Waals surface area contributed by atoms with Gasteiger partial charge in [0.25, 0.3) is 0 Å². The largest absolute Gasteiger partial charge is 0.348 e. The van der Waals surface area contributed by atoms with E-state index < -0.39 is 0 Å². The highest BCUT2D eigenvalue weighted by Gasteiger charge is 2.21. The first-order chi connectivity index (χ1) is 6.16. The van der Waals surface area contributed by atoms with Crippen LogP contribution in [-0.4, -0.2) is 31.4 Å². The third-order valence-electron chi connectivity index (χ3n) is 1.86. The van der Waals surface area contributed by atoms with Crippen molar-refractivity contribution in [2.24, 2.45) is 5.73 Å². The number of rotatable bonds is 3. The summed E-state index contributed by atoms with van der Waals surface area (Å²) in [5, 5.41) is 1.96. The molecule has 0 fully saturated rings. The number of amides is 1. The van der Waals surface area contributed by atoms with Crippen LogP contribution in [0.15, 0.2) is 17.5 Å². The van der Waals surface area contributed by atoms with Crippen LogP contribution in [0.5, 0.6) is 0 Å². The molecule has 1 unspecified atom stereocenters. The predicted molar refractivity (Wildman–Crippen MR) is 54.8 cm³/mol. The van der Waals surface area contributed by atoms with E-state index in [4.69, 9.17) is 5.73 Å². The van der Waals surface area contributed by atoms with Gasteiger partial charge in [0.2, 0.25) is 5.91 Å². The first kappa shape index (κ1) is 10.2. The number of hydrogen-bond donors (Lipinski definition) is 1. The van der Waals surface area contributed by atoms with E-state index in [2.05, 4.69) is 0 Å². The summed E-state index contributed by atoms with van der Waals surface area (Å²) >= 11 is 1.57. The van der Waals surface area contributed by atoms with E-state index in [1.807, 2.05) is 17.5 Å². The SMILES string of the molecule is CN(C)C(=O)C(CN)c1cccs1. The van der Waals surface area contributed by atoms with E-state index in [-0.39, 0.29) is 11.8 Å². The molecule has 72 valence electrons. The van der Waals surface area contributed by atoms with E-state index in [1.54, 1.807) is 30.3 Å². The first-order valence-electron chi connectivity index (χ1n) is 4.11. The molecule has 1 rings (SSSR count). The maximum Gasteiger partial charge on any atom is 0.231 e. The molecule has 0 aliphatic rings. The molecule has 0 aliphatic carbocycles. The summed E-state index contributed by atoms with van der Waals surface area (Å²) in [4.78, 5) is 14.2. The van der Waals surface area contributed by atoms with Crippen molar-refractivity contribution in [2.75, 3.05) is 20.6 Å². The average molecular weight is 198 g/mol. The molecule has 13 heavy (non-hydrogen) atoms. The fourth-order valence-electron chi connectivity index (χ4n) is 1.14. The Bertz CT molecular complexity index is 269. The van der Waals surface area contributed by atoms with Gasteiger partial charge in [0.1, 0.15) is 0 Å². The van der Waals surface area contributed by atoms with Gasteiger partial charge in [-0.1, -0.05) is 6.07 Å². The molecule has 0 aromatic carbocycles. The summed E-state index contributed by atoms with van der Waals surface area (Å²) in [6.07, 6.45) is 0. The van der Waals surface area contributed by atoms with E-state index in [0.29, 0.717) is 6.54 Å². The van der Waals surface area contributed by atoms with Crippen molar-refractivity contribution < 1.29 is 4.79 Å². The van der Waals surface area contributed by atoms with Crippen molar-refractivity contribution >= 4 is 17.2 Å². The summed E-state index contributed by atoms with van der Waals surface area (Å²) in [5.41, 5.74) is 5.56. The van der Waals surface area contributed by atoms with Gasteiger partial charge in [-0.15, -0.1) is 11.3 Å². The van der Waals surface area contributed by atoms with Crippen LogP contribution in [0.25, 0.3) is 0 Å². The average Bonchev–Trinajstić information content (AvgIpc) is 2.58. The molecule has 1 heterocycles. The monoisotopic (exact) mass is 198 g/mol. The standard InChI is InChI=1S/C9H14N2OS/c1-11(2)9(12)7(6-10)8-4-3-5-13-8/h3-5,7H,6,10H2,1-2H3. The van der Waals surface area contributed by atoms with Crippen LogP contribution in [0.1, 0.15) is 10.8 Å². The Labute approximate surface area is 82.2 Å². The molecule has 3 nitrogen and oxygen atoms in total. The Morgan fingerprint density at radius 3 is 2.77 bits per heavy atom. The molecule has 0 spiro atoms. The van der Waals surface area contributed by atoms with Crippen LogP contribution < -0.4 is 5.73 Å². The fraction of sp³-hybridized carbons (Fsp3) is 0.444. The molecule has 0 bridgehead atoms. The van der Waals surface area contributed by atoms with Crippen molar-refractivity contribution in [1.29, 1.82) is 0 Å². The van der Waals surface area contributed by atoms with Crippen molar-refractivity contribution in [1.82, 2.24) is 4.90 Å². The van der Waals surface area contributed by atoms with Crippen molar-refractivity contribution in [3.05, 3.63) is 22.4 Å². The van der Waals surface area contributed by atoms with Crippen LogP contribution in [0.2, 0.25) is 0 Å². The number of likely N-dealkylation sites (N-methyl/N-ethyl adjacent to an activating group) is 1. The van der Waals surface area contributed by atoms with E-state index in [1.165, 1.54) is 0 Å². The van der Waals surface area contributed by atoms with Gasteiger partial charge in [-0.2, -0.15) is 0 Å². The molecule has 1 atom stereocenters. The molecular weight excluding hydrogens is 184 g/mol. The fourth-order valence-corrected chi connectivity index (χ4v) is 1.97. The van der Waals surface area contributed by atoms with Crippen LogP contribution in [0.3, 0.4) is 0 Å². The van der Waals surface area contributed by atoms with E-state index in [9.17, 15) is 4.79 Å². The maximum absolute atomic E-state index is 11.6. The molecule has 0 saturated carbocycles. The summed E-state index contributed by atoms with van der Waals surface area (Å²) in [7, 11) is 3.50. The second-order valence-corrected chi connectivity index (χ2v) is 4.02. The van der Waals surface area contributed by atoms with Gasteiger partial charge < -0.3 is 10.6 Å². The van der Waals surface area contributed by atoms with Gasteiger partial charge in [-0.05, 0) is 11.4 Å². The lowest BCUT2D eigenvalue weighted by Crippen LogP contribution is -2.32. The predicted octanol–water partition coefficient (Wildman–Crippen LogP) is 0.879. The molecule has 2 N–H and O–H groups in total. The smallest absolute Gasteiger partial charge is 0.231 e. The topological polar surface area (TPSA) is 46.3 Å². The van der Waals surface area contributed by atoms with Gasteiger partial charge in [-0.3, -0.25) is 4.79 Å². The van der Waals surface area contributed by atoms with Crippen LogP contribution in [0.4, 0.5) is 0 Å². The minimum Gasteiger partial charge on any atom is -0.348 e. The third-order valence-corrected chi connectivity index (χ3v) is 2.85. The normalized spacial score (nSPS) is 12.5. The Balaban J connectivity index is 2.80. The van der Waals surface area contributed by atoms with E-state index >= 15 is 0 Å². The van der Waals surface area contributed by atoms with Crippen molar-refractivity contribution in [3.8, 4) is 0 Å². The van der Waals surface area contributed by atoms with Gasteiger partial charge in [0, 0.05) is 25.5 Å². The Morgan fingerprint density at radius 2 is 2.38 bits per heavy atom. The van der Waals surface area contributed by atoms with Crippen LogP contribution in [-0.2, 0) is 4.79 Å². The summed E-state index contributed by atoms with van der Waals surface area (Å²) in [6, 6.07) is 3.88. The van der Waals surface area contributed by atoms with Gasteiger partial charge in [0.15, 0.2) is 0 Å². The Kier molecular flexibility index (Phi) is 3.45. The zero-order valence-electron chi connectivity index (χ0n) is 7.86. The quantitative estimate of drug-likeness (QED) is 0.783. The second-order valence-electron chi connectivity index (χ2n) is 3.04. The Hall–Kier alpha value is -0.870. The molecule has 0 aliphatic heterocycles. The van der Waals surface area contributed by atoms with Crippen molar-refractivity contribution in [2.45, 2.75) is 5.92 Å². The molecule has 1 aromatic rings. The van der Waals surface area contributed by atoms with Crippen LogP contribution in [0, 0.1) is 0 Å². The number of nitrogens with zero attached hydrogens (tertiary/aromatic N) is 1. The second kappa shape index (κ2) is 4.39. The highest BCUT2D eigenvalue weighted by molar-refractivity contribution is 7.10. The molecular formula is C9H14N2OS. The molecule has 1 amide bonds. The zero-order valence-corrected chi connectivity index (χ0v) is 8.67. The Morgan fingerprint density at radius 1 is 1.69 bits per heavy atom. The van der Waals surface area contributed by atoms with Gasteiger partial charge >= 0.3 is 0 Å². The lowest BCUT2D eigenvalue weighted by molar-refractivity contribution is -0.129. The van der Waals surface area contributed by atoms with E-state index in [0.717, 1.165) is 4.88 Å². The molecule has 0 radical (unpaired) electrons. The maximum atomic E-state index is 11.6. The van der Waals surface area contributed by atoms with Crippen molar-refractivity contribution in [3.63, 3.8) is 0 Å². The number of nitrogens with two attached hydrogens (primary N) is 1. The first-order valence-corrected chi connectivity index (χ1v) is 4.99. The third kappa shape index (κ3) is 2.29. The zero-order chi connectivity index (χ0) is 9.84. The highest BCUT2D eigenvalue weighted by Crippen LogP contribution is 2.21. The summed E-state index contributed by atoms with van der Waals surface area (Å²) in [6.45, 7) is 0.373. The lowest BCUT2D eigenvalue weighted by Gasteiger charge is -2.17.